The highest BCUT2D eigenvalue weighted by Gasteiger charge is 2.22. The van der Waals surface area contributed by atoms with Gasteiger partial charge in [-0.15, -0.1) is 0 Å². The van der Waals surface area contributed by atoms with Crippen molar-refractivity contribution >= 4 is 6.03 Å². The van der Waals surface area contributed by atoms with Gasteiger partial charge in [-0.05, 0) is 13.0 Å². The predicted molar refractivity (Wildman–Crippen MR) is 82.7 cm³/mol. The van der Waals surface area contributed by atoms with Crippen LogP contribution in [0.25, 0.3) is 0 Å². The van der Waals surface area contributed by atoms with E-state index in [1.807, 2.05) is 42.0 Å². The molecule has 2 amide bonds. The van der Waals surface area contributed by atoms with Crippen molar-refractivity contribution in [2.75, 3.05) is 6.61 Å². The summed E-state index contributed by atoms with van der Waals surface area (Å²) >= 11 is 0. The average molecular weight is 300 g/mol. The van der Waals surface area contributed by atoms with Crippen LogP contribution in [0.1, 0.15) is 24.9 Å². The summed E-state index contributed by atoms with van der Waals surface area (Å²) in [6, 6.07) is 7.68. The molecule has 2 N–H and O–H groups in total. The van der Waals surface area contributed by atoms with Crippen molar-refractivity contribution in [2.45, 2.75) is 32.0 Å². The maximum atomic E-state index is 12.2. The van der Waals surface area contributed by atoms with Gasteiger partial charge in [0.15, 0.2) is 0 Å². The van der Waals surface area contributed by atoms with Gasteiger partial charge in [0.2, 0.25) is 0 Å². The number of rotatable bonds is 4. The van der Waals surface area contributed by atoms with Crippen molar-refractivity contribution < 1.29 is 9.53 Å². The van der Waals surface area contributed by atoms with Crippen molar-refractivity contribution in [2.24, 2.45) is 0 Å². The van der Waals surface area contributed by atoms with E-state index in [4.69, 9.17) is 4.74 Å². The van der Waals surface area contributed by atoms with Gasteiger partial charge < -0.3 is 19.9 Å². The first-order valence-electron chi connectivity index (χ1n) is 7.47. The number of hydrogen-bond acceptors (Lipinski definition) is 3. The molecule has 1 aromatic heterocycles. The molecule has 1 aromatic carbocycles. The van der Waals surface area contributed by atoms with Crippen LogP contribution in [-0.2, 0) is 6.54 Å². The van der Waals surface area contributed by atoms with Crippen molar-refractivity contribution in [1.29, 1.82) is 0 Å². The zero-order valence-corrected chi connectivity index (χ0v) is 12.5. The van der Waals surface area contributed by atoms with Crippen LogP contribution in [0.3, 0.4) is 0 Å². The van der Waals surface area contributed by atoms with Gasteiger partial charge in [-0.25, -0.2) is 9.78 Å². The minimum Gasteiger partial charge on any atom is -0.493 e. The number of carbonyl (C=O) groups is 1. The number of ether oxygens (including phenoxy) is 1. The number of para-hydroxylation sites is 1. The molecule has 0 fully saturated rings. The smallest absolute Gasteiger partial charge is 0.315 e. The van der Waals surface area contributed by atoms with Crippen molar-refractivity contribution in [1.82, 2.24) is 20.2 Å². The Morgan fingerprint density at radius 2 is 2.36 bits per heavy atom. The van der Waals surface area contributed by atoms with Crippen molar-refractivity contribution in [3.05, 3.63) is 48.5 Å². The van der Waals surface area contributed by atoms with Crippen LogP contribution in [-0.4, -0.2) is 28.2 Å². The Bertz CT molecular complexity index is 627. The van der Waals surface area contributed by atoms with Crippen molar-refractivity contribution in [3.63, 3.8) is 0 Å². The highest BCUT2D eigenvalue weighted by molar-refractivity contribution is 5.75. The highest BCUT2D eigenvalue weighted by atomic mass is 16.5. The lowest BCUT2D eigenvalue weighted by Crippen LogP contribution is -2.44. The summed E-state index contributed by atoms with van der Waals surface area (Å²) in [5.41, 5.74) is 1.03. The Labute approximate surface area is 129 Å². The zero-order chi connectivity index (χ0) is 15.4. The lowest BCUT2D eigenvalue weighted by atomic mass is 10.0. The van der Waals surface area contributed by atoms with Gasteiger partial charge in [0.05, 0.1) is 19.0 Å². The van der Waals surface area contributed by atoms with Gasteiger partial charge >= 0.3 is 6.03 Å². The predicted octanol–water partition coefficient (Wildman–Crippen LogP) is 2.09. The van der Waals surface area contributed by atoms with Crippen LogP contribution < -0.4 is 15.4 Å². The second kappa shape index (κ2) is 6.51. The number of aromatic nitrogens is 2. The molecule has 2 aromatic rings. The quantitative estimate of drug-likeness (QED) is 0.908. The summed E-state index contributed by atoms with van der Waals surface area (Å²) in [7, 11) is 0. The van der Waals surface area contributed by atoms with Crippen LogP contribution in [0.2, 0.25) is 0 Å². The number of carbonyl (C=O) groups excluding carboxylic acids is 1. The first kappa shape index (κ1) is 14.4. The van der Waals surface area contributed by atoms with Gasteiger partial charge in [-0.3, -0.25) is 0 Å². The molecule has 2 atom stereocenters. The number of hydrogen-bond donors (Lipinski definition) is 2. The van der Waals surface area contributed by atoms with Crippen LogP contribution in [0.4, 0.5) is 4.79 Å². The molecule has 0 saturated heterocycles. The second-order valence-corrected chi connectivity index (χ2v) is 5.51. The van der Waals surface area contributed by atoms with Crippen LogP contribution in [0.5, 0.6) is 5.75 Å². The fourth-order valence-electron chi connectivity index (χ4n) is 2.67. The summed E-state index contributed by atoms with van der Waals surface area (Å²) in [6.45, 7) is 3.28. The summed E-state index contributed by atoms with van der Waals surface area (Å²) in [5.74, 6) is 0.852. The molecule has 1 aliphatic rings. The minimum atomic E-state index is -0.158. The third-order valence-corrected chi connectivity index (χ3v) is 3.69. The topological polar surface area (TPSA) is 68.2 Å². The number of fused-ring (bicyclic) bond motifs is 1. The highest BCUT2D eigenvalue weighted by Crippen LogP contribution is 2.31. The van der Waals surface area contributed by atoms with E-state index < -0.39 is 0 Å². The van der Waals surface area contributed by atoms with Gasteiger partial charge in [-0.1, -0.05) is 18.2 Å². The number of urea groups is 1. The summed E-state index contributed by atoms with van der Waals surface area (Å²) in [6.07, 6.45) is 6.13. The van der Waals surface area contributed by atoms with E-state index in [1.54, 1.807) is 12.5 Å². The van der Waals surface area contributed by atoms with Gasteiger partial charge in [0.25, 0.3) is 0 Å². The van der Waals surface area contributed by atoms with E-state index in [-0.39, 0.29) is 18.1 Å². The van der Waals surface area contributed by atoms with E-state index in [0.29, 0.717) is 13.2 Å². The van der Waals surface area contributed by atoms with E-state index in [0.717, 1.165) is 17.7 Å². The van der Waals surface area contributed by atoms with Crippen LogP contribution in [0, 0.1) is 0 Å². The number of nitrogens with one attached hydrogen (secondary N) is 2. The first-order valence-corrected chi connectivity index (χ1v) is 7.47. The molecule has 22 heavy (non-hydrogen) atoms. The molecular weight excluding hydrogens is 280 g/mol. The number of benzene rings is 1. The summed E-state index contributed by atoms with van der Waals surface area (Å²) in [5, 5.41) is 5.99. The molecule has 6 heteroatoms. The lowest BCUT2D eigenvalue weighted by molar-refractivity contribution is 0.220. The molecule has 0 aliphatic carbocycles. The molecule has 0 radical (unpaired) electrons. The Kier molecular flexibility index (Phi) is 4.27. The fourth-order valence-corrected chi connectivity index (χ4v) is 2.67. The third-order valence-electron chi connectivity index (χ3n) is 3.69. The average Bonchev–Trinajstić information content (AvgIpc) is 3.00. The maximum absolute atomic E-state index is 12.2. The molecular formula is C16H20N4O2. The Morgan fingerprint density at radius 1 is 1.50 bits per heavy atom. The fraction of sp³-hybridized carbons (Fsp3) is 0.375. The molecule has 3 rings (SSSR count). The number of nitrogens with zero attached hydrogens (tertiary/aromatic N) is 2. The van der Waals surface area contributed by atoms with Gasteiger partial charge in [0, 0.05) is 37.0 Å². The first-order chi connectivity index (χ1) is 10.7. The molecule has 1 aliphatic heterocycles. The molecule has 0 spiro atoms. The van der Waals surface area contributed by atoms with Crippen LogP contribution >= 0.6 is 0 Å². The summed E-state index contributed by atoms with van der Waals surface area (Å²) < 4.78 is 7.54. The molecule has 2 heterocycles. The monoisotopic (exact) mass is 300 g/mol. The third kappa shape index (κ3) is 3.39. The second-order valence-electron chi connectivity index (χ2n) is 5.51. The Hall–Kier alpha value is -2.50. The van der Waals surface area contributed by atoms with E-state index in [9.17, 15) is 4.79 Å². The van der Waals surface area contributed by atoms with Crippen LogP contribution in [0.15, 0.2) is 43.0 Å². The molecule has 0 bridgehead atoms. The van der Waals surface area contributed by atoms with Gasteiger partial charge in [-0.2, -0.15) is 0 Å². The SMILES string of the molecule is C[C@H](Cn1ccnc1)NC(=O)N[C@H]1CCOc2ccccc21. The molecule has 0 unspecified atom stereocenters. The summed E-state index contributed by atoms with van der Waals surface area (Å²) in [4.78, 5) is 16.2. The minimum absolute atomic E-state index is 0.00889. The Balaban J connectivity index is 1.56. The van der Waals surface area contributed by atoms with E-state index >= 15 is 0 Å². The van der Waals surface area contributed by atoms with E-state index in [2.05, 4.69) is 15.6 Å². The molecule has 0 saturated carbocycles. The van der Waals surface area contributed by atoms with Gasteiger partial charge in [0.1, 0.15) is 5.75 Å². The standard InChI is InChI=1S/C16H20N4O2/c1-12(10-20-8-7-17-11-20)18-16(21)19-14-6-9-22-15-5-3-2-4-13(14)15/h2-5,7-8,11-12,14H,6,9-10H2,1H3,(H2,18,19,21)/t12-,14+/m1/s1. The normalized spacial score (nSPS) is 18.0. The molecule has 116 valence electrons. The number of imidazole rings is 1. The Morgan fingerprint density at radius 3 is 3.18 bits per heavy atom. The maximum Gasteiger partial charge on any atom is 0.315 e. The largest absolute Gasteiger partial charge is 0.493 e. The lowest BCUT2D eigenvalue weighted by Gasteiger charge is -2.27. The number of amides is 2. The molecule has 6 nitrogen and oxygen atoms in total. The zero-order valence-electron chi connectivity index (χ0n) is 12.5. The van der Waals surface area contributed by atoms with E-state index in [1.165, 1.54) is 0 Å². The van der Waals surface area contributed by atoms with Crippen molar-refractivity contribution in [3.8, 4) is 5.75 Å².